The lowest BCUT2D eigenvalue weighted by Gasteiger charge is -2.15. The third kappa shape index (κ3) is 2.84. The predicted octanol–water partition coefficient (Wildman–Crippen LogP) is 4.98. The molecule has 0 unspecified atom stereocenters. The largest absolute Gasteiger partial charge is 0.0812 e. The fourth-order valence-electron chi connectivity index (χ4n) is 2.47. The van der Waals surface area contributed by atoms with Crippen LogP contribution in [0.25, 0.3) is 0 Å². The van der Waals surface area contributed by atoms with Crippen molar-refractivity contribution in [3.05, 3.63) is 57.8 Å². The van der Waals surface area contributed by atoms with Crippen molar-refractivity contribution in [2.24, 2.45) is 0 Å². The van der Waals surface area contributed by atoms with Crippen LogP contribution < -0.4 is 0 Å². The Labute approximate surface area is 112 Å². The summed E-state index contributed by atoms with van der Waals surface area (Å²) in [5, 5.41) is 1.63. The van der Waals surface area contributed by atoms with Crippen molar-refractivity contribution in [3.63, 3.8) is 0 Å². The average molecular weight is 256 g/mol. The summed E-state index contributed by atoms with van der Waals surface area (Å²) in [7, 11) is -1.12. The number of benzene rings is 1. The smallest absolute Gasteiger partial charge is 0.0771 e. The summed E-state index contributed by atoms with van der Waals surface area (Å²) in [5.41, 5.74) is 5.94. The number of aryl methyl sites for hydroxylation is 1. The van der Waals surface area contributed by atoms with Crippen molar-refractivity contribution < 1.29 is 0 Å². The SMILES string of the molecule is Cc1cccc(CC2=CC([Si](C)(C)C)=CC2)c1C. The molecule has 1 aliphatic carbocycles. The van der Waals surface area contributed by atoms with Crippen molar-refractivity contribution in [1.29, 1.82) is 0 Å². The maximum absolute atomic E-state index is 2.47. The highest BCUT2D eigenvalue weighted by Crippen LogP contribution is 2.28. The Kier molecular flexibility index (Phi) is 3.63. The van der Waals surface area contributed by atoms with Crippen LogP contribution in [0, 0.1) is 13.8 Å². The van der Waals surface area contributed by atoms with Gasteiger partial charge in [-0.3, -0.25) is 0 Å². The van der Waals surface area contributed by atoms with E-state index in [1.165, 1.54) is 16.7 Å². The Morgan fingerprint density at radius 1 is 1.11 bits per heavy atom. The molecule has 0 heterocycles. The molecule has 0 fully saturated rings. The van der Waals surface area contributed by atoms with Gasteiger partial charge in [0.2, 0.25) is 0 Å². The van der Waals surface area contributed by atoms with Gasteiger partial charge in [-0.05, 0) is 43.4 Å². The van der Waals surface area contributed by atoms with E-state index in [4.69, 9.17) is 0 Å². The molecular weight excluding hydrogens is 232 g/mol. The van der Waals surface area contributed by atoms with Crippen LogP contribution in [0.3, 0.4) is 0 Å². The summed E-state index contributed by atoms with van der Waals surface area (Å²) in [6.45, 7) is 11.7. The van der Waals surface area contributed by atoms with Gasteiger partial charge >= 0.3 is 0 Å². The normalized spacial score (nSPS) is 15.6. The van der Waals surface area contributed by atoms with Crippen LogP contribution in [-0.2, 0) is 6.42 Å². The van der Waals surface area contributed by atoms with Gasteiger partial charge in [0.15, 0.2) is 0 Å². The lowest BCUT2D eigenvalue weighted by molar-refractivity contribution is 1.06. The fourth-order valence-corrected chi connectivity index (χ4v) is 3.82. The molecule has 0 aliphatic heterocycles. The van der Waals surface area contributed by atoms with Crippen molar-refractivity contribution in [2.45, 2.75) is 46.3 Å². The van der Waals surface area contributed by atoms with E-state index in [1.807, 2.05) is 0 Å². The van der Waals surface area contributed by atoms with Crippen molar-refractivity contribution in [3.8, 4) is 0 Å². The standard InChI is InChI=1S/C17H24Si/c1-13-7-6-8-16(14(13)2)11-15-9-10-17(12-15)18(3,4)5/h6-8,10,12H,9,11H2,1-5H3. The first kappa shape index (κ1) is 13.4. The van der Waals surface area contributed by atoms with Crippen molar-refractivity contribution in [2.75, 3.05) is 0 Å². The monoisotopic (exact) mass is 256 g/mol. The summed E-state index contributed by atoms with van der Waals surface area (Å²) in [6, 6.07) is 6.66. The summed E-state index contributed by atoms with van der Waals surface area (Å²) < 4.78 is 0. The zero-order chi connectivity index (χ0) is 13.3. The molecule has 1 aromatic rings. The lowest BCUT2D eigenvalue weighted by atomic mass is 9.97. The molecule has 0 amide bonds. The fraction of sp³-hybridized carbons (Fsp3) is 0.412. The number of allylic oxidation sites excluding steroid dienone is 4. The summed E-state index contributed by atoms with van der Waals surface area (Å²) in [4.78, 5) is 0. The van der Waals surface area contributed by atoms with Gasteiger partial charge in [0.25, 0.3) is 0 Å². The second kappa shape index (κ2) is 4.89. The van der Waals surface area contributed by atoms with Crippen molar-refractivity contribution in [1.82, 2.24) is 0 Å². The Morgan fingerprint density at radius 2 is 1.83 bits per heavy atom. The van der Waals surface area contributed by atoms with Crippen molar-refractivity contribution >= 4 is 8.07 Å². The molecule has 0 bridgehead atoms. The zero-order valence-electron chi connectivity index (χ0n) is 12.3. The maximum Gasteiger partial charge on any atom is 0.0771 e. The van der Waals surface area contributed by atoms with E-state index in [0.717, 1.165) is 12.8 Å². The highest BCUT2D eigenvalue weighted by atomic mass is 28.3. The van der Waals surface area contributed by atoms with Crippen LogP contribution >= 0.6 is 0 Å². The Morgan fingerprint density at radius 3 is 2.44 bits per heavy atom. The van der Waals surface area contributed by atoms with Crippen LogP contribution in [-0.4, -0.2) is 8.07 Å². The van der Waals surface area contributed by atoms with Gasteiger partial charge < -0.3 is 0 Å². The Hall–Kier alpha value is -1.08. The molecule has 0 spiro atoms. The maximum atomic E-state index is 2.47. The number of hydrogen-bond acceptors (Lipinski definition) is 0. The van der Waals surface area contributed by atoms with E-state index in [1.54, 1.807) is 10.8 Å². The molecule has 18 heavy (non-hydrogen) atoms. The predicted molar refractivity (Wildman–Crippen MR) is 83.7 cm³/mol. The summed E-state index contributed by atoms with van der Waals surface area (Å²) in [6.07, 6.45) is 7.20. The molecule has 0 atom stereocenters. The number of hydrogen-bond donors (Lipinski definition) is 0. The van der Waals surface area contributed by atoms with Gasteiger partial charge in [-0.15, -0.1) is 0 Å². The van der Waals surface area contributed by atoms with E-state index in [-0.39, 0.29) is 0 Å². The molecule has 0 radical (unpaired) electrons. The highest BCUT2D eigenvalue weighted by Gasteiger charge is 2.21. The van der Waals surface area contributed by atoms with Gasteiger partial charge in [0.05, 0.1) is 8.07 Å². The molecule has 96 valence electrons. The third-order valence-corrected chi connectivity index (χ3v) is 6.02. The first-order chi connectivity index (χ1) is 8.38. The first-order valence-electron chi connectivity index (χ1n) is 6.83. The van der Waals surface area contributed by atoms with Gasteiger partial charge in [0, 0.05) is 0 Å². The second-order valence-corrected chi connectivity index (χ2v) is 11.5. The average Bonchev–Trinajstić information content (AvgIpc) is 2.73. The van der Waals surface area contributed by atoms with E-state index in [9.17, 15) is 0 Å². The van der Waals surface area contributed by atoms with Crippen LogP contribution in [0.1, 0.15) is 23.1 Å². The van der Waals surface area contributed by atoms with Crippen LogP contribution in [0.4, 0.5) is 0 Å². The molecular formula is C17H24Si. The first-order valence-corrected chi connectivity index (χ1v) is 10.3. The minimum atomic E-state index is -1.12. The molecule has 0 saturated carbocycles. The third-order valence-electron chi connectivity index (χ3n) is 3.94. The number of rotatable bonds is 3. The Balaban J connectivity index is 2.16. The highest BCUT2D eigenvalue weighted by molar-refractivity contribution is 6.83. The zero-order valence-corrected chi connectivity index (χ0v) is 13.3. The van der Waals surface area contributed by atoms with E-state index in [0.29, 0.717) is 0 Å². The molecule has 1 aromatic carbocycles. The quantitative estimate of drug-likeness (QED) is 0.669. The molecule has 1 aliphatic rings. The van der Waals surface area contributed by atoms with Gasteiger partial charge in [-0.2, -0.15) is 0 Å². The molecule has 0 saturated heterocycles. The summed E-state index contributed by atoms with van der Waals surface area (Å²) >= 11 is 0. The van der Waals surface area contributed by atoms with E-state index in [2.05, 4.69) is 63.8 Å². The topological polar surface area (TPSA) is 0 Å². The van der Waals surface area contributed by atoms with E-state index >= 15 is 0 Å². The molecule has 0 nitrogen and oxygen atoms in total. The van der Waals surface area contributed by atoms with E-state index < -0.39 is 8.07 Å². The molecule has 1 heteroatoms. The summed E-state index contributed by atoms with van der Waals surface area (Å²) in [5.74, 6) is 0. The molecule has 0 N–H and O–H groups in total. The minimum Gasteiger partial charge on any atom is -0.0812 e. The second-order valence-electron chi connectivity index (χ2n) is 6.45. The van der Waals surface area contributed by atoms with Crippen LogP contribution in [0.2, 0.25) is 19.6 Å². The van der Waals surface area contributed by atoms with Crippen LogP contribution in [0.15, 0.2) is 41.1 Å². The lowest BCUT2D eigenvalue weighted by Crippen LogP contribution is -2.21. The van der Waals surface area contributed by atoms with Crippen LogP contribution in [0.5, 0.6) is 0 Å². The van der Waals surface area contributed by atoms with Gasteiger partial charge in [0.1, 0.15) is 0 Å². The minimum absolute atomic E-state index is 1.12. The molecule has 0 aromatic heterocycles. The van der Waals surface area contributed by atoms with Gasteiger partial charge in [-0.25, -0.2) is 0 Å². The molecule has 2 rings (SSSR count). The Bertz CT molecular complexity index is 513. The van der Waals surface area contributed by atoms with Gasteiger partial charge in [-0.1, -0.05) is 60.8 Å².